The number of nitro benzene ring substituents is 1. The Bertz CT molecular complexity index is 1110. The van der Waals surface area contributed by atoms with Gasteiger partial charge in [0.05, 0.1) is 24.1 Å². The number of nitrogens with one attached hydrogen (secondary N) is 1. The van der Waals surface area contributed by atoms with Crippen LogP contribution >= 0.6 is 0 Å². The van der Waals surface area contributed by atoms with Gasteiger partial charge in [-0.05, 0) is 37.1 Å². The number of anilines is 1. The van der Waals surface area contributed by atoms with Gasteiger partial charge in [0.2, 0.25) is 5.91 Å². The van der Waals surface area contributed by atoms with E-state index in [0.29, 0.717) is 26.2 Å². The summed E-state index contributed by atoms with van der Waals surface area (Å²) >= 11 is 0. The predicted molar refractivity (Wildman–Crippen MR) is 127 cm³/mol. The van der Waals surface area contributed by atoms with Crippen LogP contribution in [-0.4, -0.2) is 78.9 Å². The standard InChI is InChI=1S/C24H28N4O7/c1-16-5-4-6-17(2)23(16)25-21(29)14-26-9-11-27(12-10-26)22(30)15-35-24(31)18-7-8-20(34-3)19(13-18)28(32)33/h4-8,13H,9-12,14-15H2,1-3H3,(H,25,29). The molecule has 2 aromatic rings. The number of aryl methyl sites for hydroxylation is 2. The number of nitro groups is 1. The SMILES string of the molecule is COc1ccc(C(=O)OCC(=O)N2CCN(CC(=O)Nc3c(C)cccc3C)CC2)cc1[N+](=O)[O-]. The molecule has 186 valence electrons. The van der Waals surface area contributed by atoms with Gasteiger partial charge in [-0.15, -0.1) is 0 Å². The Morgan fingerprint density at radius 2 is 1.71 bits per heavy atom. The Hall–Kier alpha value is -3.99. The van der Waals surface area contributed by atoms with Crippen molar-refractivity contribution in [1.29, 1.82) is 0 Å². The number of ether oxygens (including phenoxy) is 2. The summed E-state index contributed by atoms with van der Waals surface area (Å²) < 4.78 is 9.97. The van der Waals surface area contributed by atoms with Crippen LogP contribution in [0.4, 0.5) is 11.4 Å². The number of methoxy groups -OCH3 is 1. The average Bonchev–Trinajstić information content (AvgIpc) is 2.84. The number of para-hydroxylation sites is 1. The minimum Gasteiger partial charge on any atom is -0.490 e. The molecule has 0 atom stereocenters. The molecule has 2 aromatic carbocycles. The van der Waals surface area contributed by atoms with E-state index in [1.807, 2.05) is 36.9 Å². The topological polar surface area (TPSA) is 131 Å². The minimum atomic E-state index is -0.842. The van der Waals surface area contributed by atoms with Crippen molar-refractivity contribution in [3.05, 3.63) is 63.2 Å². The molecule has 0 bridgehead atoms. The molecule has 1 aliphatic rings. The third-order valence-corrected chi connectivity index (χ3v) is 5.78. The Morgan fingerprint density at radius 1 is 1.06 bits per heavy atom. The molecule has 0 aliphatic carbocycles. The van der Waals surface area contributed by atoms with Crippen LogP contribution in [0.2, 0.25) is 0 Å². The second kappa shape index (κ2) is 11.4. The molecule has 35 heavy (non-hydrogen) atoms. The van der Waals surface area contributed by atoms with Gasteiger partial charge in [0.15, 0.2) is 12.4 Å². The van der Waals surface area contributed by atoms with E-state index in [4.69, 9.17) is 9.47 Å². The highest BCUT2D eigenvalue weighted by molar-refractivity contribution is 5.94. The molecule has 1 fully saturated rings. The van der Waals surface area contributed by atoms with Gasteiger partial charge in [-0.2, -0.15) is 0 Å². The van der Waals surface area contributed by atoms with E-state index in [1.54, 1.807) is 4.90 Å². The van der Waals surface area contributed by atoms with Gasteiger partial charge >= 0.3 is 11.7 Å². The van der Waals surface area contributed by atoms with Gasteiger partial charge in [0.1, 0.15) is 0 Å². The molecular weight excluding hydrogens is 456 g/mol. The summed E-state index contributed by atoms with van der Waals surface area (Å²) in [5, 5.41) is 14.1. The van der Waals surface area contributed by atoms with Gasteiger partial charge in [-0.1, -0.05) is 18.2 Å². The number of esters is 1. The molecule has 1 saturated heterocycles. The molecule has 11 nitrogen and oxygen atoms in total. The van der Waals surface area contributed by atoms with E-state index in [1.165, 1.54) is 19.2 Å². The Morgan fingerprint density at radius 3 is 2.31 bits per heavy atom. The van der Waals surface area contributed by atoms with Crippen LogP contribution in [0.3, 0.4) is 0 Å². The number of benzene rings is 2. The molecule has 1 N–H and O–H groups in total. The van der Waals surface area contributed by atoms with E-state index in [-0.39, 0.29) is 35.4 Å². The van der Waals surface area contributed by atoms with Gasteiger partial charge in [0, 0.05) is 37.9 Å². The van der Waals surface area contributed by atoms with E-state index in [2.05, 4.69) is 5.32 Å². The molecule has 1 heterocycles. The molecule has 0 radical (unpaired) electrons. The van der Waals surface area contributed by atoms with Gasteiger partial charge in [-0.3, -0.25) is 24.6 Å². The Labute approximate surface area is 202 Å². The molecule has 0 aromatic heterocycles. The first-order chi connectivity index (χ1) is 16.7. The summed E-state index contributed by atoms with van der Waals surface area (Å²) in [6.45, 7) is 5.40. The fourth-order valence-corrected chi connectivity index (χ4v) is 3.81. The fourth-order valence-electron chi connectivity index (χ4n) is 3.81. The largest absolute Gasteiger partial charge is 0.490 e. The number of hydrogen-bond acceptors (Lipinski definition) is 8. The molecule has 0 saturated carbocycles. The van der Waals surface area contributed by atoms with Crippen molar-refractivity contribution < 1.29 is 28.8 Å². The normalized spacial score (nSPS) is 13.7. The van der Waals surface area contributed by atoms with Crippen LogP contribution < -0.4 is 10.1 Å². The van der Waals surface area contributed by atoms with Crippen molar-refractivity contribution >= 4 is 29.2 Å². The molecule has 0 unspecified atom stereocenters. The number of piperazine rings is 1. The van der Waals surface area contributed by atoms with Crippen molar-refractivity contribution in [3.8, 4) is 5.75 Å². The second-order valence-electron chi connectivity index (χ2n) is 8.19. The van der Waals surface area contributed by atoms with Crippen molar-refractivity contribution in [2.45, 2.75) is 13.8 Å². The highest BCUT2D eigenvalue weighted by Crippen LogP contribution is 2.27. The van der Waals surface area contributed by atoms with E-state index < -0.39 is 17.5 Å². The van der Waals surface area contributed by atoms with Gasteiger partial charge in [0.25, 0.3) is 5.91 Å². The first kappa shape index (κ1) is 25.6. The van der Waals surface area contributed by atoms with Gasteiger partial charge in [-0.25, -0.2) is 4.79 Å². The third kappa shape index (κ3) is 6.54. The van der Waals surface area contributed by atoms with E-state index in [9.17, 15) is 24.5 Å². The molecular formula is C24H28N4O7. The summed E-state index contributed by atoms with van der Waals surface area (Å²) in [6, 6.07) is 9.50. The average molecular weight is 485 g/mol. The van der Waals surface area contributed by atoms with Crippen molar-refractivity contribution in [2.24, 2.45) is 0 Å². The summed E-state index contributed by atoms with van der Waals surface area (Å²) in [5.74, 6) is -1.32. The summed E-state index contributed by atoms with van der Waals surface area (Å²) in [4.78, 5) is 51.2. The maximum Gasteiger partial charge on any atom is 0.338 e. The summed E-state index contributed by atoms with van der Waals surface area (Å²) in [5.41, 5.74) is 2.38. The van der Waals surface area contributed by atoms with E-state index >= 15 is 0 Å². The monoisotopic (exact) mass is 484 g/mol. The molecule has 11 heteroatoms. The maximum atomic E-state index is 12.5. The highest BCUT2D eigenvalue weighted by Gasteiger charge is 2.24. The van der Waals surface area contributed by atoms with Crippen molar-refractivity contribution in [2.75, 3.05) is 51.8 Å². The first-order valence-corrected chi connectivity index (χ1v) is 11.1. The Balaban J connectivity index is 1.45. The molecule has 1 aliphatic heterocycles. The van der Waals surface area contributed by atoms with Crippen LogP contribution in [-0.2, 0) is 14.3 Å². The van der Waals surface area contributed by atoms with E-state index in [0.717, 1.165) is 22.9 Å². The lowest BCUT2D eigenvalue weighted by Crippen LogP contribution is -2.51. The van der Waals surface area contributed by atoms with Crippen LogP contribution in [0.1, 0.15) is 21.5 Å². The second-order valence-corrected chi connectivity index (χ2v) is 8.19. The maximum absolute atomic E-state index is 12.5. The van der Waals surface area contributed by atoms with Crippen molar-refractivity contribution in [1.82, 2.24) is 9.80 Å². The number of nitrogens with zero attached hydrogens (tertiary/aromatic N) is 3. The first-order valence-electron chi connectivity index (χ1n) is 11.1. The molecule has 2 amide bonds. The minimum absolute atomic E-state index is 0.0169. The predicted octanol–water partition coefficient (Wildman–Crippen LogP) is 2.16. The zero-order chi connectivity index (χ0) is 25.5. The molecule has 3 rings (SSSR count). The van der Waals surface area contributed by atoms with Crippen LogP contribution in [0, 0.1) is 24.0 Å². The van der Waals surface area contributed by atoms with Crippen LogP contribution in [0.25, 0.3) is 0 Å². The van der Waals surface area contributed by atoms with Crippen molar-refractivity contribution in [3.63, 3.8) is 0 Å². The van der Waals surface area contributed by atoms with Crippen LogP contribution in [0.5, 0.6) is 5.75 Å². The summed E-state index contributed by atoms with van der Waals surface area (Å²) in [7, 11) is 1.29. The Kier molecular flexibility index (Phi) is 8.37. The lowest BCUT2D eigenvalue weighted by Gasteiger charge is -2.34. The number of amides is 2. The fraction of sp³-hybridized carbons (Fsp3) is 0.375. The number of hydrogen-bond donors (Lipinski definition) is 1. The molecule has 0 spiro atoms. The lowest BCUT2D eigenvalue weighted by atomic mass is 10.1. The zero-order valence-electron chi connectivity index (χ0n) is 19.9. The number of carbonyl (C=O) groups is 3. The smallest absolute Gasteiger partial charge is 0.338 e. The zero-order valence-corrected chi connectivity index (χ0v) is 19.9. The summed E-state index contributed by atoms with van der Waals surface area (Å²) in [6.07, 6.45) is 0. The third-order valence-electron chi connectivity index (χ3n) is 5.78. The highest BCUT2D eigenvalue weighted by atomic mass is 16.6. The van der Waals surface area contributed by atoms with Crippen LogP contribution in [0.15, 0.2) is 36.4 Å². The van der Waals surface area contributed by atoms with Gasteiger partial charge < -0.3 is 19.7 Å². The lowest BCUT2D eigenvalue weighted by molar-refractivity contribution is -0.385. The quantitative estimate of drug-likeness (QED) is 0.343. The number of rotatable bonds is 8. The number of carbonyl (C=O) groups excluding carboxylic acids is 3.